The van der Waals surface area contributed by atoms with Crippen LogP contribution >= 0.6 is 0 Å². The van der Waals surface area contributed by atoms with E-state index in [9.17, 15) is 9.90 Å². The molecule has 0 aliphatic carbocycles. The van der Waals surface area contributed by atoms with E-state index >= 15 is 0 Å². The van der Waals surface area contributed by atoms with Crippen LogP contribution in [0.4, 0.5) is 0 Å². The third kappa shape index (κ3) is 6.39. The molecule has 1 aliphatic rings. The van der Waals surface area contributed by atoms with Crippen molar-refractivity contribution in [2.75, 3.05) is 19.6 Å². The summed E-state index contributed by atoms with van der Waals surface area (Å²) in [4.78, 5) is 13.4. The molecule has 3 N–H and O–H groups in total. The summed E-state index contributed by atoms with van der Waals surface area (Å²) in [6.07, 6.45) is 3.70. The fourth-order valence-electron chi connectivity index (χ4n) is 5.62. The van der Waals surface area contributed by atoms with Crippen molar-refractivity contribution >= 4 is 5.97 Å². The van der Waals surface area contributed by atoms with Gasteiger partial charge in [-0.1, -0.05) is 49.7 Å². The highest BCUT2D eigenvalue weighted by atomic mass is 16.4. The maximum Gasteiger partial charge on any atom is 0.303 e. The average molecular weight is 521 g/mol. The first-order chi connectivity index (χ1) is 18.3. The molecule has 2 aromatic carbocycles. The highest BCUT2D eigenvalue weighted by Gasteiger charge is 2.44. The second-order valence-electron chi connectivity index (χ2n) is 10.7. The van der Waals surface area contributed by atoms with Crippen LogP contribution in [0.2, 0.25) is 0 Å². The van der Waals surface area contributed by atoms with Crippen LogP contribution in [0.3, 0.4) is 0 Å². The van der Waals surface area contributed by atoms with Gasteiger partial charge in [0.2, 0.25) is 0 Å². The molecule has 2 heterocycles. The van der Waals surface area contributed by atoms with E-state index in [-0.39, 0.29) is 23.6 Å². The number of aromatic hydroxyl groups is 1. The molecule has 1 aliphatic heterocycles. The number of phenols is 1. The molecule has 1 saturated heterocycles. The molecule has 3 atom stereocenters. The number of hydrogen-bond acceptors (Lipinski definition) is 7. The Hall–Kier alpha value is -3.30. The van der Waals surface area contributed by atoms with Gasteiger partial charge in [0.1, 0.15) is 5.75 Å². The Morgan fingerprint density at radius 3 is 2.63 bits per heavy atom. The summed E-state index contributed by atoms with van der Waals surface area (Å²) < 4.78 is 1.74. The van der Waals surface area contributed by atoms with E-state index in [1.54, 1.807) is 10.7 Å². The molecule has 0 saturated carbocycles. The van der Waals surface area contributed by atoms with Gasteiger partial charge in [0.25, 0.3) is 0 Å². The average Bonchev–Trinajstić information content (AvgIpc) is 3.36. The molecule has 204 valence electrons. The number of rotatable bonds is 12. The lowest BCUT2D eigenvalue weighted by atomic mass is 9.73. The zero-order chi connectivity index (χ0) is 27.1. The third-order valence-electron chi connectivity index (χ3n) is 7.68. The first-order valence-corrected chi connectivity index (χ1v) is 13.7. The lowest BCUT2D eigenvalue weighted by molar-refractivity contribution is -0.137. The molecule has 9 heteroatoms. The van der Waals surface area contributed by atoms with Crippen LogP contribution in [-0.4, -0.2) is 72.5 Å². The molecule has 2 unspecified atom stereocenters. The van der Waals surface area contributed by atoms with Gasteiger partial charge in [-0.25, -0.2) is 4.68 Å². The van der Waals surface area contributed by atoms with Crippen molar-refractivity contribution in [1.82, 2.24) is 30.4 Å². The summed E-state index contributed by atoms with van der Waals surface area (Å²) in [7, 11) is 0. The van der Waals surface area contributed by atoms with E-state index in [2.05, 4.69) is 76.8 Å². The smallest absolute Gasteiger partial charge is 0.303 e. The maximum atomic E-state index is 10.8. The monoisotopic (exact) mass is 520 g/mol. The number of unbranched alkanes of at least 4 members (excludes halogenated alkanes) is 2. The zero-order valence-electron chi connectivity index (χ0n) is 22.7. The first kappa shape index (κ1) is 27.7. The molecule has 38 heavy (non-hydrogen) atoms. The van der Waals surface area contributed by atoms with E-state index in [0.29, 0.717) is 31.3 Å². The number of aliphatic carboxylic acids is 1. The number of benzene rings is 2. The molecule has 1 aromatic heterocycles. The number of carboxylic acids is 1. The Bertz CT molecular complexity index is 1200. The Morgan fingerprint density at radius 2 is 1.92 bits per heavy atom. The molecule has 0 radical (unpaired) electrons. The van der Waals surface area contributed by atoms with E-state index < -0.39 is 5.97 Å². The molecular formula is C29H40N6O3. The largest absolute Gasteiger partial charge is 0.508 e. The van der Waals surface area contributed by atoms with Crippen LogP contribution < -0.4 is 5.32 Å². The van der Waals surface area contributed by atoms with Crippen molar-refractivity contribution in [1.29, 1.82) is 0 Å². The molecular weight excluding hydrogens is 480 g/mol. The van der Waals surface area contributed by atoms with Gasteiger partial charge in [-0.05, 0) is 73.3 Å². The van der Waals surface area contributed by atoms with Crippen LogP contribution in [0.15, 0.2) is 48.5 Å². The SMILES string of the molecule is CCCCN1CC(C)NCC1(C)[C@H](c1ccc(-c2nnnn2CCCCC(=O)O)cc1)c1cccc(O)c1. The fraction of sp³-hybridized carbons (Fsp3) is 0.517. The highest BCUT2D eigenvalue weighted by molar-refractivity contribution is 5.66. The van der Waals surface area contributed by atoms with Crippen molar-refractivity contribution in [3.8, 4) is 17.1 Å². The standard InChI is InChI=1S/C29H40N6O3/c1-4-5-16-34-19-21(2)30-20-29(34,3)27(24-9-8-10-25(36)18-24)22-12-14-23(15-13-22)28-31-32-33-35(28)17-7-6-11-26(37)38/h8-10,12-15,18,21,27,30,36H,4-7,11,16-17,19-20H2,1-3H3,(H,37,38)/t21?,27-,29?/m1/s1. The van der Waals surface area contributed by atoms with E-state index in [1.165, 1.54) is 5.56 Å². The second kappa shape index (κ2) is 12.5. The summed E-state index contributed by atoms with van der Waals surface area (Å²) >= 11 is 0. The van der Waals surface area contributed by atoms with Crippen molar-refractivity contribution in [3.63, 3.8) is 0 Å². The van der Waals surface area contributed by atoms with Gasteiger partial charge in [0.05, 0.1) is 0 Å². The Labute approximate surface area is 224 Å². The molecule has 3 aromatic rings. The summed E-state index contributed by atoms with van der Waals surface area (Å²) in [6, 6.07) is 16.5. The number of tetrazole rings is 1. The van der Waals surface area contributed by atoms with Crippen LogP contribution in [0.1, 0.15) is 69.9 Å². The predicted molar refractivity (Wildman–Crippen MR) is 147 cm³/mol. The van der Waals surface area contributed by atoms with Crippen molar-refractivity contribution in [2.24, 2.45) is 0 Å². The summed E-state index contributed by atoms with van der Waals surface area (Å²) in [6.45, 7) is 10.2. The number of carbonyl (C=O) groups is 1. The minimum atomic E-state index is -0.789. The summed E-state index contributed by atoms with van der Waals surface area (Å²) in [5, 5.41) is 35.2. The normalized spacial score (nSPS) is 20.9. The lowest BCUT2D eigenvalue weighted by Crippen LogP contribution is -2.65. The highest BCUT2D eigenvalue weighted by Crippen LogP contribution is 2.41. The van der Waals surface area contributed by atoms with Crippen molar-refractivity contribution in [3.05, 3.63) is 59.7 Å². The number of aryl methyl sites for hydroxylation is 1. The van der Waals surface area contributed by atoms with Crippen LogP contribution in [-0.2, 0) is 11.3 Å². The molecule has 9 nitrogen and oxygen atoms in total. The van der Waals surface area contributed by atoms with E-state index in [0.717, 1.165) is 43.6 Å². The molecule has 0 bridgehead atoms. The number of phenolic OH excluding ortho intramolecular Hbond substituents is 1. The number of carboxylic acid groups (broad SMARTS) is 1. The van der Waals surface area contributed by atoms with Gasteiger partial charge in [-0.15, -0.1) is 5.10 Å². The zero-order valence-corrected chi connectivity index (χ0v) is 22.7. The van der Waals surface area contributed by atoms with Crippen LogP contribution in [0.25, 0.3) is 11.4 Å². The molecule has 0 amide bonds. The van der Waals surface area contributed by atoms with E-state index in [1.807, 2.05) is 12.1 Å². The number of hydrogen-bond donors (Lipinski definition) is 3. The molecule has 1 fully saturated rings. The fourth-order valence-corrected chi connectivity index (χ4v) is 5.62. The number of aromatic nitrogens is 4. The third-order valence-corrected chi connectivity index (χ3v) is 7.68. The summed E-state index contributed by atoms with van der Waals surface area (Å²) in [5.41, 5.74) is 2.97. The number of nitrogens with one attached hydrogen (secondary N) is 1. The summed E-state index contributed by atoms with van der Waals surface area (Å²) in [5.74, 6) is 0.188. The Morgan fingerprint density at radius 1 is 1.13 bits per heavy atom. The second-order valence-corrected chi connectivity index (χ2v) is 10.7. The maximum absolute atomic E-state index is 10.8. The predicted octanol–water partition coefficient (Wildman–Crippen LogP) is 4.29. The van der Waals surface area contributed by atoms with Crippen molar-refractivity contribution < 1.29 is 15.0 Å². The number of nitrogens with zero attached hydrogens (tertiary/aromatic N) is 5. The van der Waals surface area contributed by atoms with Crippen LogP contribution in [0, 0.1) is 0 Å². The van der Waals surface area contributed by atoms with Gasteiger partial charge >= 0.3 is 5.97 Å². The van der Waals surface area contributed by atoms with Crippen molar-refractivity contribution in [2.45, 2.75) is 76.9 Å². The first-order valence-electron chi connectivity index (χ1n) is 13.7. The molecule has 0 spiro atoms. The minimum Gasteiger partial charge on any atom is -0.508 e. The topological polar surface area (TPSA) is 116 Å². The van der Waals surface area contributed by atoms with Gasteiger partial charge < -0.3 is 15.5 Å². The number of piperazine rings is 1. The Kier molecular flexibility index (Phi) is 9.12. The lowest BCUT2D eigenvalue weighted by Gasteiger charge is -2.52. The van der Waals surface area contributed by atoms with Gasteiger partial charge in [0, 0.05) is 49.1 Å². The van der Waals surface area contributed by atoms with Gasteiger partial charge in [-0.3, -0.25) is 9.69 Å². The Balaban J connectivity index is 1.65. The van der Waals surface area contributed by atoms with E-state index in [4.69, 9.17) is 5.11 Å². The van der Waals surface area contributed by atoms with Gasteiger partial charge in [0.15, 0.2) is 5.82 Å². The van der Waals surface area contributed by atoms with Crippen LogP contribution in [0.5, 0.6) is 5.75 Å². The molecule has 4 rings (SSSR count). The minimum absolute atomic E-state index is 0.0347. The van der Waals surface area contributed by atoms with Gasteiger partial charge in [-0.2, -0.15) is 0 Å². The quantitative estimate of drug-likeness (QED) is 0.303.